The maximum Gasteiger partial charge on any atom is 0.233 e. The maximum absolute atomic E-state index is 11.5. The van der Waals surface area contributed by atoms with E-state index in [0.29, 0.717) is 24.8 Å². The fourth-order valence-electron chi connectivity index (χ4n) is 3.52. The summed E-state index contributed by atoms with van der Waals surface area (Å²) in [5, 5.41) is 11.6. The third-order valence-electron chi connectivity index (χ3n) is 5.37. The molecule has 1 amide bonds. The molecule has 1 aliphatic heterocycles. The van der Waals surface area contributed by atoms with Gasteiger partial charge in [-0.2, -0.15) is 0 Å². The van der Waals surface area contributed by atoms with Crippen molar-refractivity contribution < 1.29 is 9.53 Å². The van der Waals surface area contributed by atoms with Crippen LogP contribution in [0.2, 0.25) is 0 Å². The molecule has 1 fully saturated rings. The summed E-state index contributed by atoms with van der Waals surface area (Å²) in [6, 6.07) is 22.2. The standard InChI is InChI=1S/C24H27N5O2/c1-19(30)28-13-15-29(16-14-28)22-9-7-20(8-10-22)17-25-23-11-12-24(27-26-23)31-18-21-5-3-2-4-6-21/h2-12H,13-18H2,1H3,(H,25,26). The van der Waals surface area contributed by atoms with E-state index < -0.39 is 0 Å². The molecular formula is C24H27N5O2. The van der Waals surface area contributed by atoms with Crippen LogP contribution in [-0.2, 0) is 17.9 Å². The lowest BCUT2D eigenvalue weighted by atomic mass is 10.1. The molecule has 2 aromatic carbocycles. The van der Waals surface area contributed by atoms with Gasteiger partial charge in [0.1, 0.15) is 12.4 Å². The van der Waals surface area contributed by atoms with Gasteiger partial charge in [-0.25, -0.2) is 0 Å². The van der Waals surface area contributed by atoms with Crippen LogP contribution in [0.1, 0.15) is 18.1 Å². The Bertz CT molecular complexity index is 969. The monoisotopic (exact) mass is 417 g/mol. The van der Waals surface area contributed by atoms with E-state index in [1.165, 1.54) is 5.69 Å². The zero-order valence-electron chi connectivity index (χ0n) is 17.7. The Morgan fingerprint density at radius 1 is 0.903 bits per heavy atom. The van der Waals surface area contributed by atoms with Crippen molar-refractivity contribution >= 4 is 17.4 Å². The molecule has 0 aliphatic carbocycles. The Kier molecular flexibility index (Phi) is 6.62. The number of amides is 1. The van der Waals surface area contributed by atoms with Crippen molar-refractivity contribution in [2.45, 2.75) is 20.1 Å². The third kappa shape index (κ3) is 5.72. The highest BCUT2D eigenvalue weighted by Crippen LogP contribution is 2.18. The fraction of sp³-hybridized carbons (Fsp3) is 0.292. The predicted molar refractivity (Wildman–Crippen MR) is 121 cm³/mol. The number of ether oxygens (including phenoxy) is 1. The average molecular weight is 418 g/mol. The van der Waals surface area contributed by atoms with Gasteiger partial charge in [-0.15, -0.1) is 10.2 Å². The van der Waals surface area contributed by atoms with E-state index >= 15 is 0 Å². The average Bonchev–Trinajstić information content (AvgIpc) is 2.83. The number of carbonyl (C=O) groups is 1. The second-order valence-corrected chi connectivity index (χ2v) is 7.54. The van der Waals surface area contributed by atoms with Gasteiger partial charge in [-0.3, -0.25) is 4.79 Å². The zero-order valence-corrected chi connectivity index (χ0v) is 17.7. The molecule has 0 unspecified atom stereocenters. The van der Waals surface area contributed by atoms with Crippen LogP contribution in [0.4, 0.5) is 11.5 Å². The SMILES string of the molecule is CC(=O)N1CCN(c2ccc(CNc3ccc(OCc4ccccc4)nn3)cc2)CC1. The van der Waals surface area contributed by atoms with Gasteiger partial charge in [0.05, 0.1) is 0 Å². The minimum atomic E-state index is 0.153. The van der Waals surface area contributed by atoms with Gasteiger partial charge in [0.25, 0.3) is 0 Å². The Hall–Kier alpha value is -3.61. The quantitative estimate of drug-likeness (QED) is 0.636. The van der Waals surface area contributed by atoms with Crippen LogP contribution in [0.15, 0.2) is 66.7 Å². The first-order valence-electron chi connectivity index (χ1n) is 10.5. The molecule has 1 aromatic heterocycles. The normalized spacial score (nSPS) is 13.7. The number of piperazine rings is 1. The Balaban J connectivity index is 1.24. The highest BCUT2D eigenvalue weighted by atomic mass is 16.5. The second-order valence-electron chi connectivity index (χ2n) is 7.54. The third-order valence-corrected chi connectivity index (χ3v) is 5.37. The van der Waals surface area contributed by atoms with E-state index in [4.69, 9.17) is 4.74 Å². The van der Waals surface area contributed by atoms with Crippen LogP contribution in [0.3, 0.4) is 0 Å². The topological polar surface area (TPSA) is 70.6 Å². The van der Waals surface area contributed by atoms with Crippen molar-refractivity contribution in [3.8, 4) is 5.88 Å². The summed E-state index contributed by atoms with van der Waals surface area (Å²) in [4.78, 5) is 15.7. The van der Waals surface area contributed by atoms with E-state index in [1.54, 1.807) is 6.92 Å². The smallest absolute Gasteiger partial charge is 0.233 e. The lowest BCUT2D eigenvalue weighted by Gasteiger charge is -2.35. The minimum Gasteiger partial charge on any atom is -0.472 e. The van der Waals surface area contributed by atoms with Crippen molar-refractivity contribution in [3.05, 3.63) is 77.9 Å². The number of aromatic nitrogens is 2. The lowest BCUT2D eigenvalue weighted by molar-refractivity contribution is -0.129. The Morgan fingerprint density at radius 3 is 2.29 bits per heavy atom. The Morgan fingerprint density at radius 2 is 1.65 bits per heavy atom. The molecule has 0 bridgehead atoms. The van der Waals surface area contributed by atoms with Crippen molar-refractivity contribution in [2.24, 2.45) is 0 Å². The molecule has 0 saturated carbocycles. The molecular weight excluding hydrogens is 390 g/mol. The van der Waals surface area contributed by atoms with Crippen molar-refractivity contribution in [1.82, 2.24) is 15.1 Å². The molecule has 2 heterocycles. The molecule has 7 heteroatoms. The van der Waals surface area contributed by atoms with Gasteiger partial charge in [-0.1, -0.05) is 42.5 Å². The highest BCUT2D eigenvalue weighted by molar-refractivity contribution is 5.73. The van der Waals surface area contributed by atoms with E-state index in [1.807, 2.05) is 47.4 Å². The summed E-state index contributed by atoms with van der Waals surface area (Å²) in [5.41, 5.74) is 3.44. The van der Waals surface area contributed by atoms with Gasteiger partial charge >= 0.3 is 0 Å². The number of rotatable bonds is 7. The van der Waals surface area contributed by atoms with Crippen LogP contribution in [0.5, 0.6) is 5.88 Å². The summed E-state index contributed by atoms with van der Waals surface area (Å²) in [7, 11) is 0. The summed E-state index contributed by atoms with van der Waals surface area (Å²) >= 11 is 0. The number of hydrogen-bond donors (Lipinski definition) is 1. The van der Waals surface area contributed by atoms with Crippen LogP contribution in [0, 0.1) is 0 Å². The van der Waals surface area contributed by atoms with E-state index in [9.17, 15) is 4.79 Å². The highest BCUT2D eigenvalue weighted by Gasteiger charge is 2.18. The van der Waals surface area contributed by atoms with Crippen molar-refractivity contribution in [2.75, 3.05) is 36.4 Å². The van der Waals surface area contributed by atoms with Crippen LogP contribution < -0.4 is 15.0 Å². The number of carbonyl (C=O) groups excluding carboxylic acids is 1. The number of nitrogens with zero attached hydrogens (tertiary/aromatic N) is 4. The Labute approximate surface area is 182 Å². The van der Waals surface area contributed by atoms with Gasteiger partial charge in [0.2, 0.25) is 11.8 Å². The molecule has 0 spiro atoms. The summed E-state index contributed by atoms with van der Waals surface area (Å²) in [6.07, 6.45) is 0. The van der Waals surface area contributed by atoms with Crippen molar-refractivity contribution in [1.29, 1.82) is 0 Å². The summed E-state index contributed by atoms with van der Waals surface area (Å²) in [6.45, 7) is 6.06. The maximum atomic E-state index is 11.5. The first kappa shape index (κ1) is 20.7. The van der Waals surface area contributed by atoms with Gasteiger partial charge in [0.15, 0.2) is 0 Å². The van der Waals surface area contributed by atoms with Gasteiger partial charge in [-0.05, 0) is 29.3 Å². The number of benzene rings is 2. The molecule has 7 nitrogen and oxygen atoms in total. The van der Waals surface area contributed by atoms with Gasteiger partial charge < -0.3 is 19.9 Å². The molecule has 1 aliphatic rings. The molecule has 3 aromatic rings. The number of hydrogen-bond acceptors (Lipinski definition) is 6. The molecule has 4 rings (SSSR count). The molecule has 1 N–H and O–H groups in total. The number of anilines is 2. The van der Waals surface area contributed by atoms with Crippen LogP contribution in [0.25, 0.3) is 0 Å². The van der Waals surface area contributed by atoms with Gasteiger partial charge in [0, 0.05) is 51.4 Å². The van der Waals surface area contributed by atoms with E-state index in [2.05, 4.69) is 44.7 Å². The number of nitrogens with one attached hydrogen (secondary N) is 1. The molecule has 0 atom stereocenters. The fourth-order valence-corrected chi connectivity index (χ4v) is 3.52. The largest absolute Gasteiger partial charge is 0.472 e. The van der Waals surface area contributed by atoms with Crippen molar-refractivity contribution in [3.63, 3.8) is 0 Å². The first-order valence-corrected chi connectivity index (χ1v) is 10.5. The molecule has 160 valence electrons. The minimum absolute atomic E-state index is 0.153. The predicted octanol–water partition coefficient (Wildman–Crippen LogP) is 3.34. The second kappa shape index (κ2) is 9.93. The van der Waals surface area contributed by atoms with Crippen LogP contribution >= 0.6 is 0 Å². The molecule has 31 heavy (non-hydrogen) atoms. The van der Waals surface area contributed by atoms with Crippen LogP contribution in [-0.4, -0.2) is 47.2 Å². The zero-order chi connectivity index (χ0) is 21.5. The van der Waals surface area contributed by atoms with E-state index in [0.717, 1.165) is 37.3 Å². The lowest BCUT2D eigenvalue weighted by Crippen LogP contribution is -2.48. The summed E-state index contributed by atoms with van der Waals surface area (Å²) < 4.78 is 5.67. The summed E-state index contributed by atoms with van der Waals surface area (Å²) in [5.74, 6) is 1.36. The molecule has 0 radical (unpaired) electrons. The van der Waals surface area contributed by atoms with E-state index in [-0.39, 0.29) is 5.91 Å². The first-order chi connectivity index (χ1) is 15.2. The molecule has 1 saturated heterocycles.